The molecule has 54 valence electrons. The van der Waals surface area contributed by atoms with Gasteiger partial charge < -0.3 is 27.3 Å². The molecular formula is C2H8GeNO4-5. The molecule has 0 aliphatic rings. The largest absolute Gasteiger partial charge is 0.870 e. The van der Waals surface area contributed by atoms with Crippen LogP contribution >= 0.6 is 0 Å². The van der Waals surface area contributed by atoms with E-state index in [1.165, 1.54) is 0 Å². The van der Waals surface area contributed by atoms with Crippen LogP contribution in [0.1, 0.15) is 0 Å². The second kappa shape index (κ2) is 53.8. The third-order valence-electron chi connectivity index (χ3n) is 0.102. The van der Waals surface area contributed by atoms with E-state index in [0.29, 0.717) is 0 Å². The zero-order chi connectivity index (χ0) is 3.41. The Kier molecular flexibility index (Phi) is 271. The van der Waals surface area contributed by atoms with Crippen LogP contribution in [-0.2, 0) is 0 Å². The van der Waals surface area contributed by atoms with E-state index in [9.17, 15) is 0 Å². The topological polar surface area (TPSA) is 137 Å². The molecule has 0 aromatic rings. The third-order valence-corrected chi connectivity index (χ3v) is 0.102. The summed E-state index contributed by atoms with van der Waals surface area (Å²) in [6, 6.07) is 0. The molecule has 0 bridgehead atoms. The van der Waals surface area contributed by atoms with Crippen molar-refractivity contribution in [3.8, 4) is 0 Å². The first-order valence-corrected chi connectivity index (χ1v) is 1.14. The molecule has 5 nitrogen and oxygen atoms in total. The quantitative estimate of drug-likeness (QED) is 0.455. The smallest absolute Gasteiger partial charge is 0 e. The maximum atomic E-state index is 9.11. The molecule has 8 heavy (non-hydrogen) atoms. The summed E-state index contributed by atoms with van der Waals surface area (Å²) in [6.45, 7) is -0.250. The number of hydrogen-bond acceptors (Lipinski definition) is 4. The Balaban J connectivity index is -0.00000000750. The molecule has 0 fully saturated rings. The summed E-state index contributed by atoms with van der Waals surface area (Å²) in [5, 5.41) is 9.11. The van der Waals surface area contributed by atoms with Crippen LogP contribution in [0.15, 0.2) is 0 Å². The minimum atomic E-state index is -0.264. The Morgan fingerprint density at radius 2 is 1.25 bits per heavy atom. The molecule has 0 aromatic carbocycles. The molecule has 0 rings (SSSR count). The Labute approximate surface area is 58.8 Å². The van der Waals surface area contributed by atoms with Gasteiger partial charge in [0.05, 0.1) is 0 Å². The molecule has 0 unspecified atom stereocenters. The summed E-state index contributed by atoms with van der Waals surface area (Å²) in [5.41, 5.74) is 6.14. The summed E-state index contributed by atoms with van der Waals surface area (Å²) in [4.78, 5) is 0. The molecule has 0 amide bonds. The minimum absolute atomic E-state index is 0. The van der Waals surface area contributed by atoms with E-state index in [4.69, 9.17) is 10.8 Å². The van der Waals surface area contributed by atoms with Crippen LogP contribution in [-0.4, -0.2) is 47.2 Å². The maximum absolute atomic E-state index is 9.11. The van der Waals surface area contributed by atoms with Crippen molar-refractivity contribution in [3.63, 3.8) is 0 Å². The molecule has 4 N–H and O–H groups in total. The van der Waals surface area contributed by atoms with Crippen molar-refractivity contribution >= 4 is 17.6 Å². The van der Waals surface area contributed by atoms with Gasteiger partial charge in [-0.05, 0) is 0 Å². The fraction of sp³-hybridized carbons (Fsp3) is 1.00. The molecular weight excluding hydrogens is 175 g/mol. The Morgan fingerprint density at radius 1 is 1.12 bits per heavy atom. The zero-order valence-corrected chi connectivity index (χ0v) is 6.26. The minimum Gasteiger partial charge on any atom is -0.870 e. The molecule has 0 spiro atoms. The van der Waals surface area contributed by atoms with Gasteiger partial charge in [-0.25, -0.2) is 0 Å². The second-order valence-electron chi connectivity index (χ2n) is 0.454. The molecule has 0 aromatic heterocycles. The van der Waals surface area contributed by atoms with Gasteiger partial charge in [-0.2, -0.15) is 13.2 Å². The number of nitrogens with one attached hydrogen (secondary N) is 1. The Bertz CT molecular complexity index is 16.0. The van der Waals surface area contributed by atoms with Crippen molar-refractivity contribution in [2.24, 2.45) is 0 Å². The zero-order valence-electron chi connectivity index (χ0n) is 4.16. The van der Waals surface area contributed by atoms with Crippen LogP contribution in [0.2, 0.25) is 0 Å². The van der Waals surface area contributed by atoms with E-state index in [0.717, 1.165) is 0 Å². The Morgan fingerprint density at radius 3 is 1.25 bits per heavy atom. The predicted molar refractivity (Wildman–Crippen MR) is 25.6 cm³/mol. The summed E-state index contributed by atoms with van der Waals surface area (Å²) in [5.74, 6) is 0. The van der Waals surface area contributed by atoms with Gasteiger partial charge in [0.25, 0.3) is 0 Å². The van der Waals surface area contributed by atoms with Gasteiger partial charge in [0.1, 0.15) is 0 Å². The molecule has 0 aliphatic carbocycles. The van der Waals surface area contributed by atoms with Crippen LogP contribution in [0.5, 0.6) is 0 Å². The van der Waals surface area contributed by atoms with Crippen LogP contribution in [0.4, 0.5) is 0 Å². The number of rotatable bonds is 1. The molecule has 0 saturated heterocycles. The molecule has 4 radical (unpaired) electrons. The normalized spacial score (nSPS) is 3.75. The van der Waals surface area contributed by atoms with Crippen molar-refractivity contribution in [2.45, 2.75) is 0 Å². The van der Waals surface area contributed by atoms with Gasteiger partial charge in [-0.15, -0.1) is 0 Å². The van der Waals surface area contributed by atoms with Gasteiger partial charge in [-0.3, -0.25) is 0 Å². The summed E-state index contributed by atoms with van der Waals surface area (Å²) in [7, 11) is 0. The Hall–Kier alpha value is 0.343. The van der Waals surface area contributed by atoms with Gasteiger partial charge >= 0.3 is 0 Å². The maximum Gasteiger partial charge on any atom is 0 e. The average molecular weight is 183 g/mol. The molecule has 6 heteroatoms. The van der Waals surface area contributed by atoms with Crippen LogP contribution in [0, 0.1) is 0 Å². The van der Waals surface area contributed by atoms with Crippen molar-refractivity contribution in [3.05, 3.63) is 5.73 Å². The van der Waals surface area contributed by atoms with Gasteiger partial charge in [0.15, 0.2) is 0 Å². The van der Waals surface area contributed by atoms with Gasteiger partial charge in [0.2, 0.25) is 0 Å². The SMILES string of the molecule is [Ge].[NH-]CC[O-].[OH-].[OH-].[OH-]. The molecule has 0 atom stereocenters. The standard InChI is InChI=1S/C2H5NO.Ge.3H2O/c3-1-2-4;;;;/h3H,1-2H2;;3*1H2/q-2;;;;/p-3. The van der Waals surface area contributed by atoms with Gasteiger partial charge in [0, 0.05) is 17.6 Å². The first kappa shape index (κ1) is 40.3. The third kappa shape index (κ3) is 100. The van der Waals surface area contributed by atoms with E-state index in [1.807, 2.05) is 0 Å². The fourth-order valence-corrected chi connectivity index (χ4v) is 0. The monoisotopic (exact) mass is 184 g/mol. The van der Waals surface area contributed by atoms with Gasteiger partial charge in [-0.1, -0.05) is 0 Å². The summed E-state index contributed by atoms with van der Waals surface area (Å²) in [6.07, 6.45) is 0. The average Bonchev–Trinajstić information content (AvgIpc) is 1.37. The predicted octanol–water partition coefficient (Wildman–Crippen LogP) is -1.51. The van der Waals surface area contributed by atoms with Crippen molar-refractivity contribution < 1.29 is 21.5 Å². The first-order chi connectivity index (χ1) is 1.91. The molecule has 0 aliphatic heterocycles. The van der Waals surface area contributed by atoms with Crippen molar-refractivity contribution in [1.82, 2.24) is 0 Å². The molecule has 0 saturated carbocycles. The molecule has 0 heterocycles. The van der Waals surface area contributed by atoms with Crippen molar-refractivity contribution in [1.29, 1.82) is 0 Å². The van der Waals surface area contributed by atoms with Crippen molar-refractivity contribution in [2.75, 3.05) is 13.2 Å². The van der Waals surface area contributed by atoms with E-state index in [-0.39, 0.29) is 47.2 Å². The summed E-state index contributed by atoms with van der Waals surface area (Å²) >= 11 is 0. The summed E-state index contributed by atoms with van der Waals surface area (Å²) < 4.78 is 0. The van der Waals surface area contributed by atoms with Crippen LogP contribution in [0.25, 0.3) is 5.73 Å². The first-order valence-electron chi connectivity index (χ1n) is 1.14. The second-order valence-corrected chi connectivity index (χ2v) is 0.454. The van der Waals surface area contributed by atoms with E-state index < -0.39 is 0 Å². The van der Waals surface area contributed by atoms with Crippen LogP contribution < -0.4 is 5.11 Å². The van der Waals surface area contributed by atoms with E-state index >= 15 is 0 Å². The van der Waals surface area contributed by atoms with E-state index in [1.54, 1.807) is 0 Å². The number of hydrogen-bond donors (Lipinski definition) is 0. The van der Waals surface area contributed by atoms with E-state index in [2.05, 4.69) is 0 Å². The van der Waals surface area contributed by atoms with Crippen LogP contribution in [0.3, 0.4) is 0 Å². The fourth-order valence-electron chi connectivity index (χ4n) is 0.